The van der Waals surface area contributed by atoms with E-state index in [1.54, 1.807) is 0 Å². The Morgan fingerprint density at radius 3 is 2.71 bits per heavy atom. The lowest BCUT2D eigenvalue weighted by Gasteiger charge is -2.33. The maximum absolute atomic E-state index is 12.2. The van der Waals surface area contributed by atoms with Gasteiger partial charge in [0, 0.05) is 24.2 Å². The third kappa shape index (κ3) is 2.59. The lowest BCUT2D eigenvalue weighted by molar-refractivity contribution is 0.0199. The Kier molecular flexibility index (Phi) is 3.15. The number of amides is 1. The molecule has 1 aromatic carbocycles. The summed E-state index contributed by atoms with van der Waals surface area (Å²) in [7, 11) is 0. The van der Waals surface area contributed by atoms with Gasteiger partial charge in [0.1, 0.15) is 5.60 Å². The van der Waals surface area contributed by atoms with Gasteiger partial charge >= 0.3 is 6.09 Å². The molecular weight excluding hydrogens is 264 g/mol. The molecule has 2 fully saturated rings. The molecule has 1 aromatic rings. The van der Waals surface area contributed by atoms with Crippen LogP contribution in [-0.4, -0.2) is 29.7 Å². The maximum Gasteiger partial charge on any atom is 0.410 e. The highest BCUT2D eigenvalue weighted by molar-refractivity contribution is 5.69. The topological polar surface area (TPSA) is 55.6 Å². The van der Waals surface area contributed by atoms with Gasteiger partial charge in [0.05, 0.1) is 0 Å². The zero-order chi connectivity index (χ0) is 15.3. The van der Waals surface area contributed by atoms with Crippen LogP contribution in [0.15, 0.2) is 24.3 Å². The molecular formula is C17H24N2O2. The van der Waals surface area contributed by atoms with Crippen molar-refractivity contribution in [2.45, 2.75) is 44.6 Å². The van der Waals surface area contributed by atoms with Crippen LogP contribution in [0.2, 0.25) is 0 Å². The normalized spacial score (nSPS) is 28.0. The monoisotopic (exact) mass is 288 g/mol. The van der Waals surface area contributed by atoms with Crippen molar-refractivity contribution in [3.63, 3.8) is 0 Å². The second-order valence-corrected chi connectivity index (χ2v) is 7.32. The Morgan fingerprint density at radius 1 is 1.38 bits per heavy atom. The Balaban J connectivity index is 1.69. The standard InChI is InChI=1S/C17H24N2O2/c1-16(2,3)21-15(20)19-9-8-17(10-12(17)11-19)13-6-4-5-7-14(13)18/h4-7,12H,8-11,18H2,1-3H3. The van der Waals surface area contributed by atoms with Crippen LogP contribution in [-0.2, 0) is 10.2 Å². The highest BCUT2D eigenvalue weighted by atomic mass is 16.6. The van der Waals surface area contributed by atoms with E-state index in [9.17, 15) is 4.79 Å². The molecule has 4 nitrogen and oxygen atoms in total. The van der Waals surface area contributed by atoms with Crippen molar-refractivity contribution in [3.05, 3.63) is 29.8 Å². The van der Waals surface area contributed by atoms with Crippen molar-refractivity contribution in [2.75, 3.05) is 18.8 Å². The fraction of sp³-hybridized carbons (Fsp3) is 0.588. The molecule has 0 spiro atoms. The molecule has 114 valence electrons. The molecule has 0 bridgehead atoms. The number of benzene rings is 1. The summed E-state index contributed by atoms with van der Waals surface area (Å²) in [5, 5.41) is 0. The Hall–Kier alpha value is -1.71. The van der Waals surface area contributed by atoms with Crippen molar-refractivity contribution in [1.29, 1.82) is 0 Å². The number of fused-ring (bicyclic) bond motifs is 1. The summed E-state index contributed by atoms with van der Waals surface area (Å²) >= 11 is 0. The number of hydrogen-bond donors (Lipinski definition) is 1. The number of anilines is 1. The van der Waals surface area contributed by atoms with Crippen LogP contribution >= 0.6 is 0 Å². The smallest absolute Gasteiger partial charge is 0.410 e. The van der Waals surface area contributed by atoms with E-state index in [0.29, 0.717) is 5.92 Å². The number of carbonyl (C=O) groups excluding carboxylic acids is 1. The van der Waals surface area contributed by atoms with Crippen LogP contribution < -0.4 is 5.73 Å². The minimum Gasteiger partial charge on any atom is -0.444 e. The molecule has 2 unspecified atom stereocenters. The van der Waals surface area contributed by atoms with Crippen LogP contribution in [0, 0.1) is 5.92 Å². The van der Waals surface area contributed by atoms with Gasteiger partial charge in [0.25, 0.3) is 0 Å². The zero-order valence-corrected chi connectivity index (χ0v) is 13.1. The molecule has 0 aromatic heterocycles. The van der Waals surface area contributed by atoms with Gasteiger partial charge < -0.3 is 15.4 Å². The third-order valence-electron chi connectivity index (χ3n) is 4.65. The average molecular weight is 288 g/mol. The second kappa shape index (κ2) is 4.65. The summed E-state index contributed by atoms with van der Waals surface area (Å²) < 4.78 is 5.47. The van der Waals surface area contributed by atoms with E-state index in [0.717, 1.165) is 31.6 Å². The quantitative estimate of drug-likeness (QED) is 0.808. The third-order valence-corrected chi connectivity index (χ3v) is 4.65. The first-order valence-electron chi connectivity index (χ1n) is 7.65. The van der Waals surface area contributed by atoms with Crippen molar-refractivity contribution < 1.29 is 9.53 Å². The number of nitrogens with two attached hydrogens (primary N) is 1. The number of piperidine rings is 1. The van der Waals surface area contributed by atoms with Crippen molar-refractivity contribution in [3.8, 4) is 0 Å². The van der Waals surface area contributed by atoms with E-state index in [-0.39, 0.29) is 11.5 Å². The lowest BCUT2D eigenvalue weighted by Crippen LogP contribution is -2.43. The first-order valence-corrected chi connectivity index (χ1v) is 7.65. The number of nitrogen functional groups attached to an aromatic ring is 1. The van der Waals surface area contributed by atoms with E-state index < -0.39 is 5.60 Å². The first kappa shape index (κ1) is 14.2. The first-order chi connectivity index (χ1) is 9.82. The van der Waals surface area contributed by atoms with E-state index in [2.05, 4.69) is 12.1 Å². The number of hydrogen-bond acceptors (Lipinski definition) is 3. The molecule has 4 heteroatoms. The van der Waals surface area contributed by atoms with Crippen LogP contribution in [0.3, 0.4) is 0 Å². The molecule has 2 atom stereocenters. The van der Waals surface area contributed by atoms with Gasteiger partial charge in [-0.3, -0.25) is 0 Å². The Morgan fingerprint density at radius 2 is 2.10 bits per heavy atom. The number of nitrogens with zero attached hydrogens (tertiary/aromatic N) is 1. The maximum atomic E-state index is 12.2. The average Bonchev–Trinajstić information content (AvgIpc) is 3.11. The fourth-order valence-electron chi connectivity index (χ4n) is 3.53. The van der Waals surface area contributed by atoms with Gasteiger partial charge in [-0.2, -0.15) is 0 Å². The number of carbonyl (C=O) groups is 1. The summed E-state index contributed by atoms with van der Waals surface area (Å²) in [5.74, 6) is 0.517. The number of ether oxygens (including phenoxy) is 1. The van der Waals surface area contributed by atoms with Gasteiger partial charge in [-0.15, -0.1) is 0 Å². The largest absolute Gasteiger partial charge is 0.444 e. The lowest BCUT2D eigenvalue weighted by atomic mass is 9.86. The van der Waals surface area contributed by atoms with Gasteiger partial charge in [-0.25, -0.2) is 4.79 Å². The molecule has 1 saturated heterocycles. The SMILES string of the molecule is CC(C)(C)OC(=O)N1CCC2(c3ccccc3N)CC2C1. The van der Waals surface area contributed by atoms with Crippen molar-refractivity contribution in [2.24, 2.45) is 5.92 Å². The number of likely N-dealkylation sites (tertiary alicyclic amines) is 1. The molecule has 1 saturated carbocycles. The summed E-state index contributed by atoms with van der Waals surface area (Å²) in [6.07, 6.45) is 1.91. The molecule has 1 heterocycles. The highest BCUT2D eigenvalue weighted by Crippen LogP contribution is 2.60. The van der Waals surface area contributed by atoms with Crippen molar-refractivity contribution in [1.82, 2.24) is 4.90 Å². The van der Waals surface area contributed by atoms with Crippen LogP contribution in [0.25, 0.3) is 0 Å². The van der Waals surface area contributed by atoms with Crippen LogP contribution in [0.5, 0.6) is 0 Å². The highest BCUT2D eigenvalue weighted by Gasteiger charge is 2.58. The molecule has 0 radical (unpaired) electrons. The predicted molar refractivity (Wildman–Crippen MR) is 83.1 cm³/mol. The van der Waals surface area contributed by atoms with Crippen LogP contribution in [0.4, 0.5) is 10.5 Å². The van der Waals surface area contributed by atoms with E-state index in [1.807, 2.05) is 37.8 Å². The number of rotatable bonds is 1. The minimum atomic E-state index is -0.432. The van der Waals surface area contributed by atoms with Crippen molar-refractivity contribution >= 4 is 11.8 Å². The molecule has 3 rings (SSSR count). The minimum absolute atomic E-state index is 0.191. The summed E-state index contributed by atoms with van der Waals surface area (Å²) in [5.41, 5.74) is 8.05. The summed E-state index contributed by atoms with van der Waals surface area (Å²) in [6.45, 7) is 7.24. The van der Waals surface area contributed by atoms with Gasteiger partial charge in [0.15, 0.2) is 0 Å². The molecule has 1 amide bonds. The van der Waals surface area contributed by atoms with E-state index >= 15 is 0 Å². The van der Waals surface area contributed by atoms with Gasteiger partial charge in [0.2, 0.25) is 0 Å². The van der Waals surface area contributed by atoms with Crippen LogP contribution in [0.1, 0.15) is 39.2 Å². The van der Waals surface area contributed by atoms with Gasteiger partial charge in [-0.05, 0) is 51.2 Å². The zero-order valence-electron chi connectivity index (χ0n) is 13.1. The van der Waals surface area contributed by atoms with E-state index in [4.69, 9.17) is 10.5 Å². The molecule has 1 aliphatic heterocycles. The molecule has 21 heavy (non-hydrogen) atoms. The summed E-state index contributed by atoms with van der Waals surface area (Å²) in [6, 6.07) is 8.14. The van der Waals surface area contributed by atoms with E-state index in [1.165, 1.54) is 5.56 Å². The summed E-state index contributed by atoms with van der Waals surface area (Å²) in [4.78, 5) is 14.0. The van der Waals surface area contributed by atoms with Gasteiger partial charge in [-0.1, -0.05) is 18.2 Å². The Bertz CT molecular complexity index is 564. The number of para-hydroxylation sites is 1. The molecule has 2 N–H and O–H groups in total. The molecule has 2 aliphatic rings. The molecule has 1 aliphatic carbocycles. The second-order valence-electron chi connectivity index (χ2n) is 7.32. The Labute approximate surface area is 126 Å². The fourth-order valence-corrected chi connectivity index (χ4v) is 3.53. The predicted octanol–water partition coefficient (Wildman–Crippen LogP) is 3.17.